The average molecular weight is 197 g/mol. The van der Waals surface area contributed by atoms with Crippen molar-refractivity contribution in [3.8, 4) is 0 Å². The number of hydrogen-bond donors (Lipinski definition) is 2. The second-order valence-corrected chi connectivity index (χ2v) is 4.05. The summed E-state index contributed by atoms with van der Waals surface area (Å²) < 4.78 is 0. The molecule has 0 aromatic rings. The number of aliphatic carboxylic acids is 1. The molecule has 1 aliphatic carbocycles. The standard InChI is InChI=1S/C10H15NO3/c1-10(5-2-6-10)7-11-8(12)3-4-9(13)14/h3-4H,2,5-7H2,1H3,(H,11,12)(H,13,14)/b4-3+. The quantitative estimate of drug-likeness (QED) is 0.659. The summed E-state index contributed by atoms with van der Waals surface area (Å²) in [5, 5.41) is 11.0. The maximum atomic E-state index is 11.1. The summed E-state index contributed by atoms with van der Waals surface area (Å²) in [5.74, 6) is -1.43. The fourth-order valence-electron chi connectivity index (χ4n) is 1.46. The third kappa shape index (κ3) is 3.20. The van der Waals surface area contributed by atoms with Gasteiger partial charge in [-0.05, 0) is 18.3 Å². The first-order chi connectivity index (χ1) is 6.52. The van der Waals surface area contributed by atoms with E-state index in [0.29, 0.717) is 6.54 Å². The van der Waals surface area contributed by atoms with Crippen LogP contribution in [0.1, 0.15) is 26.2 Å². The summed E-state index contributed by atoms with van der Waals surface area (Å²) in [4.78, 5) is 21.2. The molecule has 0 bridgehead atoms. The maximum absolute atomic E-state index is 11.1. The summed E-state index contributed by atoms with van der Waals surface area (Å²) in [6, 6.07) is 0. The van der Waals surface area contributed by atoms with E-state index in [1.165, 1.54) is 6.42 Å². The van der Waals surface area contributed by atoms with Crippen LogP contribution in [0, 0.1) is 5.41 Å². The van der Waals surface area contributed by atoms with Crippen LogP contribution in [0.5, 0.6) is 0 Å². The van der Waals surface area contributed by atoms with Gasteiger partial charge in [-0.3, -0.25) is 4.79 Å². The minimum atomic E-state index is -1.10. The van der Waals surface area contributed by atoms with Crippen molar-refractivity contribution in [3.63, 3.8) is 0 Å². The van der Waals surface area contributed by atoms with E-state index >= 15 is 0 Å². The van der Waals surface area contributed by atoms with Gasteiger partial charge < -0.3 is 10.4 Å². The predicted octanol–water partition coefficient (Wildman–Crippen LogP) is 0.934. The van der Waals surface area contributed by atoms with E-state index < -0.39 is 5.97 Å². The van der Waals surface area contributed by atoms with Crippen molar-refractivity contribution in [2.24, 2.45) is 5.41 Å². The lowest BCUT2D eigenvalue weighted by Gasteiger charge is -2.38. The lowest BCUT2D eigenvalue weighted by Crippen LogP contribution is -2.39. The zero-order valence-electron chi connectivity index (χ0n) is 8.25. The highest BCUT2D eigenvalue weighted by atomic mass is 16.4. The van der Waals surface area contributed by atoms with E-state index in [0.717, 1.165) is 25.0 Å². The highest BCUT2D eigenvalue weighted by Gasteiger charge is 2.31. The highest BCUT2D eigenvalue weighted by molar-refractivity contribution is 5.93. The molecule has 0 spiro atoms. The average Bonchev–Trinajstić information content (AvgIpc) is 2.08. The molecule has 1 saturated carbocycles. The summed E-state index contributed by atoms with van der Waals surface area (Å²) in [6.07, 6.45) is 5.38. The Kier molecular flexibility index (Phi) is 3.28. The number of hydrogen-bond acceptors (Lipinski definition) is 2. The summed E-state index contributed by atoms with van der Waals surface area (Å²) in [6.45, 7) is 2.76. The van der Waals surface area contributed by atoms with Crippen LogP contribution in [0.15, 0.2) is 12.2 Å². The lowest BCUT2D eigenvalue weighted by atomic mass is 9.70. The third-order valence-electron chi connectivity index (χ3n) is 2.63. The zero-order chi connectivity index (χ0) is 10.6. The van der Waals surface area contributed by atoms with E-state index in [1.54, 1.807) is 0 Å². The van der Waals surface area contributed by atoms with Crippen molar-refractivity contribution < 1.29 is 14.7 Å². The molecule has 1 rings (SSSR count). The van der Waals surface area contributed by atoms with Gasteiger partial charge in [0.25, 0.3) is 0 Å². The van der Waals surface area contributed by atoms with Gasteiger partial charge in [-0.2, -0.15) is 0 Å². The molecule has 1 fully saturated rings. The molecule has 1 amide bonds. The maximum Gasteiger partial charge on any atom is 0.328 e. The van der Waals surface area contributed by atoms with Crippen LogP contribution in [0.3, 0.4) is 0 Å². The van der Waals surface area contributed by atoms with Gasteiger partial charge in [0.1, 0.15) is 0 Å². The van der Waals surface area contributed by atoms with Crippen LogP contribution in [0.2, 0.25) is 0 Å². The van der Waals surface area contributed by atoms with Crippen LogP contribution >= 0.6 is 0 Å². The fraction of sp³-hybridized carbons (Fsp3) is 0.600. The minimum Gasteiger partial charge on any atom is -0.478 e. The van der Waals surface area contributed by atoms with Crippen molar-refractivity contribution in [2.75, 3.05) is 6.54 Å². The molecule has 14 heavy (non-hydrogen) atoms. The zero-order valence-corrected chi connectivity index (χ0v) is 8.25. The van der Waals surface area contributed by atoms with E-state index in [1.807, 2.05) is 0 Å². The number of carboxylic acids is 1. The molecule has 78 valence electrons. The molecule has 0 heterocycles. The van der Waals surface area contributed by atoms with Crippen molar-refractivity contribution in [3.05, 3.63) is 12.2 Å². The summed E-state index contributed by atoms with van der Waals surface area (Å²) in [5.41, 5.74) is 0.229. The normalized spacial score (nSPS) is 18.9. The Balaban J connectivity index is 2.24. The molecule has 0 atom stereocenters. The van der Waals surface area contributed by atoms with E-state index in [9.17, 15) is 9.59 Å². The van der Waals surface area contributed by atoms with Crippen molar-refractivity contribution in [1.82, 2.24) is 5.32 Å². The largest absolute Gasteiger partial charge is 0.478 e. The first-order valence-corrected chi connectivity index (χ1v) is 4.71. The van der Waals surface area contributed by atoms with Gasteiger partial charge >= 0.3 is 5.97 Å². The Labute approximate surface area is 83.0 Å². The van der Waals surface area contributed by atoms with Gasteiger partial charge in [0.15, 0.2) is 0 Å². The minimum absolute atomic E-state index is 0.229. The van der Waals surface area contributed by atoms with Crippen molar-refractivity contribution >= 4 is 11.9 Å². The van der Waals surface area contributed by atoms with Gasteiger partial charge in [-0.1, -0.05) is 13.3 Å². The van der Waals surface area contributed by atoms with Gasteiger partial charge in [-0.25, -0.2) is 4.79 Å². The molecule has 2 N–H and O–H groups in total. The summed E-state index contributed by atoms with van der Waals surface area (Å²) >= 11 is 0. The monoisotopic (exact) mass is 197 g/mol. The van der Waals surface area contributed by atoms with Crippen molar-refractivity contribution in [1.29, 1.82) is 0 Å². The Bertz CT molecular complexity index is 267. The van der Waals surface area contributed by atoms with Crippen LogP contribution < -0.4 is 5.32 Å². The first-order valence-electron chi connectivity index (χ1n) is 4.71. The molecule has 4 heteroatoms. The Morgan fingerprint density at radius 2 is 2.07 bits per heavy atom. The Morgan fingerprint density at radius 3 is 2.50 bits per heavy atom. The van der Waals surface area contributed by atoms with E-state index in [4.69, 9.17) is 5.11 Å². The number of carbonyl (C=O) groups is 2. The van der Waals surface area contributed by atoms with Crippen LogP contribution in [-0.2, 0) is 9.59 Å². The fourth-order valence-corrected chi connectivity index (χ4v) is 1.46. The smallest absolute Gasteiger partial charge is 0.328 e. The summed E-state index contributed by atoms with van der Waals surface area (Å²) in [7, 11) is 0. The number of rotatable bonds is 4. The number of carboxylic acid groups (broad SMARTS) is 1. The topological polar surface area (TPSA) is 66.4 Å². The molecule has 0 aliphatic heterocycles. The predicted molar refractivity (Wildman–Crippen MR) is 51.7 cm³/mol. The van der Waals surface area contributed by atoms with Gasteiger partial charge in [-0.15, -0.1) is 0 Å². The molecular weight excluding hydrogens is 182 g/mol. The van der Waals surface area contributed by atoms with Crippen molar-refractivity contribution in [2.45, 2.75) is 26.2 Å². The molecule has 0 aromatic heterocycles. The van der Waals surface area contributed by atoms with Crippen LogP contribution in [0.25, 0.3) is 0 Å². The van der Waals surface area contributed by atoms with Crippen LogP contribution in [0.4, 0.5) is 0 Å². The second kappa shape index (κ2) is 4.26. The molecule has 0 saturated heterocycles. The molecule has 0 aromatic carbocycles. The number of amides is 1. The third-order valence-corrected chi connectivity index (χ3v) is 2.63. The highest BCUT2D eigenvalue weighted by Crippen LogP contribution is 2.39. The van der Waals surface area contributed by atoms with Gasteiger partial charge in [0.05, 0.1) is 0 Å². The molecule has 4 nitrogen and oxygen atoms in total. The van der Waals surface area contributed by atoms with E-state index in [2.05, 4.69) is 12.2 Å². The first kappa shape index (κ1) is 10.8. The van der Waals surface area contributed by atoms with Gasteiger partial charge in [0.2, 0.25) is 5.91 Å². The molecule has 1 aliphatic rings. The van der Waals surface area contributed by atoms with E-state index in [-0.39, 0.29) is 11.3 Å². The Hall–Kier alpha value is -1.32. The number of carbonyl (C=O) groups excluding carboxylic acids is 1. The molecule has 0 radical (unpaired) electrons. The van der Waals surface area contributed by atoms with Crippen LogP contribution in [-0.4, -0.2) is 23.5 Å². The lowest BCUT2D eigenvalue weighted by molar-refractivity contribution is -0.131. The Morgan fingerprint density at radius 1 is 1.43 bits per heavy atom. The molecule has 0 unspecified atom stereocenters. The second-order valence-electron chi connectivity index (χ2n) is 4.05. The molecular formula is C10H15NO3. The number of nitrogens with one attached hydrogen (secondary N) is 1. The SMILES string of the molecule is CC1(CNC(=O)/C=C/C(=O)O)CCC1. The van der Waals surface area contributed by atoms with Gasteiger partial charge in [0, 0.05) is 18.7 Å².